The zero-order valence-electron chi connectivity index (χ0n) is 18.4. The van der Waals surface area contributed by atoms with Crippen LogP contribution in [-0.4, -0.2) is 30.1 Å². The molecule has 0 aliphatic carbocycles. The first kappa shape index (κ1) is 23.0. The number of benzene rings is 3. The number of non-ortho nitro benzene ring substituents is 1. The molecule has 1 heterocycles. The summed E-state index contributed by atoms with van der Waals surface area (Å²) in [5.41, 5.74) is 1.34. The van der Waals surface area contributed by atoms with Crippen molar-refractivity contribution >= 4 is 28.4 Å². The molecule has 34 heavy (non-hydrogen) atoms. The number of nitro groups is 1. The number of carbonyl (C=O) groups is 1. The molecule has 0 spiro atoms. The number of fused-ring (bicyclic) bond motifs is 1. The Bertz CT molecular complexity index is 1270. The maximum Gasteiger partial charge on any atom is 0.269 e. The van der Waals surface area contributed by atoms with Gasteiger partial charge in [0.2, 0.25) is 0 Å². The van der Waals surface area contributed by atoms with Crippen molar-refractivity contribution in [1.29, 1.82) is 5.26 Å². The van der Waals surface area contributed by atoms with Crippen molar-refractivity contribution in [2.75, 3.05) is 13.2 Å². The summed E-state index contributed by atoms with van der Waals surface area (Å²) in [5.74, 6) is 0.0315. The summed E-state index contributed by atoms with van der Waals surface area (Å²) in [6.45, 7) is 1.22. The van der Waals surface area contributed by atoms with Gasteiger partial charge in [-0.25, -0.2) is 0 Å². The van der Waals surface area contributed by atoms with Gasteiger partial charge in [0.25, 0.3) is 11.6 Å². The van der Waals surface area contributed by atoms with Crippen LogP contribution in [0.15, 0.2) is 66.2 Å². The SMILES string of the molecule is N#C/C(=C\c1c(OCc2ccc([N+](=O)[O-])cc2)ccc2ccccc12)C(=O)NC[C@H]1CCCO1. The highest BCUT2D eigenvalue weighted by Gasteiger charge is 2.18. The number of ether oxygens (including phenoxy) is 2. The lowest BCUT2D eigenvalue weighted by atomic mass is 10.0. The Morgan fingerprint density at radius 3 is 2.71 bits per heavy atom. The maximum absolute atomic E-state index is 12.7. The fraction of sp³-hybridized carbons (Fsp3) is 0.231. The van der Waals surface area contributed by atoms with E-state index in [0.29, 0.717) is 24.5 Å². The van der Waals surface area contributed by atoms with Crippen LogP contribution in [0.4, 0.5) is 5.69 Å². The van der Waals surface area contributed by atoms with Gasteiger partial charge in [0.15, 0.2) is 0 Å². The highest BCUT2D eigenvalue weighted by atomic mass is 16.6. The minimum absolute atomic E-state index is 0.00533. The standard InChI is InChI=1S/C26H23N3O5/c27-15-20(26(30)28-16-22-5-3-13-33-22)14-24-23-6-2-1-4-19(23)9-12-25(24)34-17-18-7-10-21(11-8-18)29(31)32/h1-2,4,6-12,14,22H,3,5,13,16-17H2,(H,28,30)/b20-14+/t22-/m1/s1. The number of hydrogen-bond acceptors (Lipinski definition) is 6. The molecule has 1 atom stereocenters. The fourth-order valence-corrected chi connectivity index (χ4v) is 3.83. The van der Waals surface area contributed by atoms with Crippen molar-refractivity contribution in [2.24, 2.45) is 0 Å². The zero-order chi connectivity index (χ0) is 23.9. The van der Waals surface area contributed by atoms with Crippen molar-refractivity contribution in [3.8, 4) is 11.8 Å². The molecular formula is C26H23N3O5. The number of nitro benzene ring substituents is 1. The highest BCUT2D eigenvalue weighted by Crippen LogP contribution is 2.31. The largest absolute Gasteiger partial charge is 0.488 e. The molecule has 3 aromatic rings. The minimum Gasteiger partial charge on any atom is -0.488 e. The second-order valence-corrected chi connectivity index (χ2v) is 7.93. The Kier molecular flexibility index (Phi) is 7.16. The molecule has 1 aliphatic rings. The first-order valence-electron chi connectivity index (χ1n) is 10.9. The van der Waals surface area contributed by atoms with E-state index in [1.54, 1.807) is 24.3 Å². The van der Waals surface area contributed by atoms with E-state index in [-0.39, 0.29) is 24.0 Å². The zero-order valence-corrected chi connectivity index (χ0v) is 18.4. The third-order valence-corrected chi connectivity index (χ3v) is 5.64. The second-order valence-electron chi connectivity index (χ2n) is 7.93. The van der Waals surface area contributed by atoms with Crippen LogP contribution in [0.2, 0.25) is 0 Å². The molecular weight excluding hydrogens is 434 g/mol. The number of nitrogens with one attached hydrogen (secondary N) is 1. The van der Waals surface area contributed by atoms with E-state index < -0.39 is 10.8 Å². The summed E-state index contributed by atoms with van der Waals surface area (Å²) < 4.78 is 11.6. The van der Waals surface area contributed by atoms with Gasteiger partial charge in [-0.05, 0) is 53.5 Å². The van der Waals surface area contributed by atoms with Crippen molar-refractivity contribution in [2.45, 2.75) is 25.6 Å². The number of rotatable bonds is 8. The van der Waals surface area contributed by atoms with E-state index in [2.05, 4.69) is 5.32 Å². The summed E-state index contributed by atoms with van der Waals surface area (Å²) in [7, 11) is 0. The normalized spacial score (nSPS) is 15.6. The third kappa shape index (κ3) is 5.39. The van der Waals surface area contributed by atoms with Gasteiger partial charge in [0.1, 0.15) is 24.0 Å². The van der Waals surface area contributed by atoms with Crippen LogP contribution in [-0.2, 0) is 16.1 Å². The van der Waals surface area contributed by atoms with Crippen LogP contribution in [0, 0.1) is 21.4 Å². The highest BCUT2D eigenvalue weighted by molar-refractivity contribution is 6.05. The van der Waals surface area contributed by atoms with Crippen molar-refractivity contribution in [1.82, 2.24) is 5.32 Å². The number of nitrogens with zero attached hydrogens (tertiary/aromatic N) is 2. The Balaban J connectivity index is 1.60. The molecule has 1 saturated heterocycles. The molecule has 172 valence electrons. The molecule has 0 unspecified atom stereocenters. The van der Waals surface area contributed by atoms with Gasteiger partial charge in [-0.1, -0.05) is 30.3 Å². The van der Waals surface area contributed by atoms with E-state index >= 15 is 0 Å². The lowest BCUT2D eigenvalue weighted by molar-refractivity contribution is -0.384. The van der Waals surface area contributed by atoms with E-state index in [1.165, 1.54) is 12.1 Å². The van der Waals surface area contributed by atoms with Gasteiger partial charge in [-0.15, -0.1) is 0 Å². The predicted molar refractivity (Wildman–Crippen MR) is 127 cm³/mol. The number of carbonyl (C=O) groups excluding carboxylic acids is 1. The quantitative estimate of drug-likeness (QED) is 0.230. The van der Waals surface area contributed by atoms with E-state index in [1.807, 2.05) is 36.4 Å². The van der Waals surface area contributed by atoms with Crippen molar-refractivity contribution in [3.63, 3.8) is 0 Å². The molecule has 4 rings (SSSR count). The maximum atomic E-state index is 12.7. The molecule has 8 heteroatoms. The van der Waals surface area contributed by atoms with Crippen LogP contribution in [0.3, 0.4) is 0 Å². The van der Waals surface area contributed by atoms with Crippen LogP contribution in [0.1, 0.15) is 24.0 Å². The molecule has 0 saturated carbocycles. The Morgan fingerprint density at radius 1 is 1.21 bits per heavy atom. The molecule has 0 bridgehead atoms. The van der Waals surface area contributed by atoms with Crippen LogP contribution in [0.25, 0.3) is 16.8 Å². The summed E-state index contributed by atoms with van der Waals surface area (Å²) >= 11 is 0. The average molecular weight is 457 g/mol. The molecule has 1 N–H and O–H groups in total. The molecule has 0 radical (unpaired) electrons. The molecule has 3 aromatic carbocycles. The van der Waals surface area contributed by atoms with Gasteiger partial charge in [-0.2, -0.15) is 5.26 Å². The topological polar surface area (TPSA) is 114 Å². The molecule has 8 nitrogen and oxygen atoms in total. The van der Waals surface area contributed by atoms with E-state index in [9.17, 15) is 20.2 Å². The first-order chi connectivity index (χ1) is 16.5. The number of amides is 1. The third-order valence-electron chi connectivity index (χ3n) is 5.64. The smallest absolute Gasteiger partial charge is 0.269 e. The Labute approximate surface area is 196 Å². The summed E-state index contributed by atoms with van der Waals surface area (Å²) in [6.07, 6.45) is 3.36. The van der Waals surface area contributed by atoms with Crippen molar-refractivity contribution < 1.29 is 19.2 Å². The molecule has 1 amide bonds. The predicted octanol–water partition coefficient (Wildman–Crippen LogP) is 4.53. The summed E-state index contributed by atoms with van der Waals surface area (Å²) in [4.78, 5) is 23.1. The first-order valence-corrected chi connectivity index (χ1v) is 10.9. The van der Waals surface area contributed by atoms with Gasteiger partial charge >= 0.3 is 0 Å². The van der Waals surface area contributed by atoms with E-state index in [0.717, 1.165) is 29.2 Å². The minimum atomic E-state index is -0.466. The van der Waals surface area contributed by atoms with Gasteiger partial charge in [0, 0.05) is 30.8 Å². The summed E-state index contributed by atoms with van der Waals surface area (Å²) in [5, 5.41) is 25.1. The van der Waals surface area contributed by atoms with Crippen LogP contribution < -0.4 is 10.1 Å². The summed E-state index contributed by atoms with van der Waals surface area (Å²) in [6, 6.07) is 19.4. The van der Waals surface area contributed by atoms with Crippen LogP contribution >= 0.6 is 0 Å². The second kappa shape index (κ2) is 10.6. The van der Waals surface area contributed by atoms with Gasteiger partial charge in [-0.3, -0.25) is 14.9 Å². The lowest BCUT2D eigenvalue weighted by Gasteiger charge is -2.13. The van der Waals surface area contributed by atoms with Gasteiger partial charge in [0.05, 0.1) is 11.0 Å². The molecule has 0 aromatic heterocycles. The Morgan fingerprint density at radius 2 is 2.00 bits per heavy atom. The monoisotopic (exact) mass is 457 g/mol. The van der Waals surface area contributed by atoms with E-state index in [4.69, 9.17) is 9.47 Å². The lowest BCUT2D eigenvalue weighted by Crippen LogP contribution is -2.32. The van der Waals surface area contributed by atoms with Crippen LogP contribution in [0.5, 0.6) is 5.75 Å². The molecule has 1 aliphatic heterocycles. The van der Waals surface area contributed by atoms with Gasteiger partial charge < -0.3 is 14.8 Å². The Hall–Kier alpha value is -4.22. The average Bonchev–Trinajstić information content (AvgIpc) is 3.39. The fourth-order valence-electron chi connectivity index (χ4n) is 3.83. The molecule has 1 fully saturated rings. The van der Waals surface area contributed by atoms with Crippen molar-refractivity contribution in [3.05, 3.63) is 87.5 Å². The number of hydrogen-bond donors (Lipinski definition) is 1. The number of nitriles is 1.